The Morgan fingerprint density at radius 1 is 1.14 bits per heavy atom. The van der Waals surface area contributed by atoms with Gasteiger partial charge in [-0.2, -0.15) is 0 Å². The van der Waals surface area contributed by atoms with Crippen LogP contribution in [0.15, 0.2) is 12.1 Å². The molecule has 6 nitrogen and oxygen atoms in total. The number of fused-ring (bicyclic) bond motifs is 2. The third-order valence-corrected chi connectivity index (χ3v) is 5.78. The lowest BCUT2D eigenvalue weighted by molar-refractivity contribution is 0.0357. The van der Waals surface area contributed by atoms with Crippen molar-refractivity contribution in [2.45, 2.75) is 32.1 Å². The molecule has 1 aromatic heterocycles. The predicted octanol–water partition coefficient (Wildman–Crippen LogP) is 3.27. The van der Waals surface area contributed by atoms with Gasteiger partial charge in [-0.15, -0.1) is 0 Å². The minimum Gasteiger partial charge on any atom is -0.493 e. The third kappa shape index (κ3) is 4.03. The molecule has 0 amide bonds. The van der Waals surface area contributed by atoms with Crippen LogP contribution in [0, 0.1) is 0 Å². The number of rotatable bonds is 7. The topological polar surface area (TPSA) is 55.9 Å². The van der Waals surface area contributed by atoms with Crippen molar-refractivity contribution in [2.75, 3.05) is 58.9 Å². The molecule has 2 aromatic rings. The number of anilines is 1. The zero-order chi connectivity index (χ0) is 19.3. The number of ether oxygens (including phenoxy) is 3. The van der Waals surface area contributed by atoms with E-state index < -0.39 is 0 Å². The molecule has 0 bridgehead atoms. The molecule has 0 unspecified atom stereocenters. The number of methoxy groups -OCH3 is 1. The second kappa shape index (κ2) is 8.97. The second-order valence-corrected chi connectivity index (χ2v) is 7.55. The molecule has 2 heterocycles. The van der Waals surface area contributed by atoms with Gasteiger partial charge in [-0.3, -0.25) is 9.88 Å². The molecule has 6 heteroatoms. The van der Waals surface area contributed by atoms with Crippen molar-refractivity contribution >= 4 is 16.6 Å². The van der Waals surface area contributed by atoms with Crippen LogP contribution in [0.2, 0.25) is 0 Å². The Hall–Kier alpha value is -2.05. The monoisotopic (exact) mass is 385 g/mol. The highest BCUT2D eigenvalue weighted by Gasteiger charge is 2.19. The highest BCUT2D eigenvalue weighted by molar-refractivity contribution is 5.95. The van der Waals surface area contributed by atoms with E-state index in [1.807, 2.05) is 13.1 Å². The maximum absolute atomic E-state index is 6.10. The van der Waals surface area contributed by atoms with Crippen molar-refractivity contribution in [3.63, 3.8) is 0 Å². The fourth-order valence-corrected chi connectivity index (χ4v) is 4.28. The summed E-state index contributed by atoms with van der Waals surface area (Å²) in [6.45, 7) is 5.41. The molecule has 0 radical (unpaired) electrons. The normalized spacial score (nSPS) is 17.4. The van der Waals surface area contributed by atoms with Crippen LogP contribution < -0.4 is 14.8 Å². The summed E-state index contributed by atoms with van der Waals surface area (Å²) in [7, 11) is 3.69. The summed E-state index contributed by atoms with van der Waals surface area (Å²) in [5.41, 5.74) is 4.76. The van der Waals surface area contributed by atoms with Gasteiger partial charge in [0.2, 0.25) is 0 Å². The van der Waals surface area contributed by atoms with Gasteiger partial charge in [0, 0.05) is 49.5 Å². The standard InChI is InChI=1S/C22H31N3O3/c1-23-22-16-6-3-4-7-18(16)24-19-15-21(20(26-2)14-17(19)22)28-11-5-8-25-9-12-27-13-10-25/h14-15H,3-13H2,1-2H3,(H,23,24). The Kier molecular flexibility index (Phi) is 6.17. The summed E-state index contributed by atoms with van der Waals surface area (Å²) in [6.07, 6.45) is 5.59. The summed E-state index contributed by atoms with van der Waals surface area (Å²) in [4.78, 5) is 7.39. The first kappa shape index (κ1) is 19.3. The van der Waals surface area contributed by atoms with Crippen LogP contribution in [-0.4, -0.2) is 63.5 Å². The predicted molar refractivity (Wildman–Crippen MR) is 112 cm³/mol. The van der Waals surface area contributed by atoms with Crippen LogP contribution in [0.4, 0.5) is 5.69 Å². The van der Waals surface area contributed by atoms with Crippen LogP contribution >= 0.6 is 0 Å². The summed E-state index contributed by atoms with van der Waals surface area (Å²) in [5, 5.41) is 4.52. The van der Waals surface area contributed by atoms with Gasteiger partial charge >= 0.3 is 0 Å². The second-order valence-electron chi connectivity index (χ2n) is 7.55. The molecule has 0 spiro atoms. The Morgan fingerprint density at radius 2 is 1.96 bits per heavy atom. The number of aryl methyl sites for hydroxylation is 1. The van der Waals surface area contributed by atoms with Gasteiger partial charge in [0.1, 0.15) is 0 Å². The van der Waals surface area contributed by atoms with Crippen molar-refractivity contribution in [1.29, 1.82) is 0 Å². The number of nitrogens with one attached hydrogen (secondary N) is 1. The highest BCUT2D eigenvalue weighted by Crippen LogP contribution is 2.39. The largest absolute Gasteiger partial charge is 0.493 e. The molecule has 4 rings (SSSR count). The van der Waals surface area contributed by atoms with E-state index >= 15 is 0 Å². The molecule has 1 fully saturated rings. The number of hydrogen-bond acceptors (Lipinski definition) is 6. The van der Waals surface area contributed by atoms with Gasteiger partial charge in [0.15, 0.2) is 11.5 Å². The first-order valence-corrected chi connectivity index (χ1v) is 10.4. The van der Waals surface area contributed by atoms with Crippen molar-refractivity contribution in [2.24, 2.45) is 0 Å². The Bertz CT molecular complexity index is 819. The Labute approximate surface area is 167 Å². The Balaban J connectivity index is 1.52. The molecule has 1 aromatic carbocycles. The quantitative estimate of drug-likeness (QED) is 0.739. The van der Waals surface area contributed by atoms with E-state index in [4.69, 9.17) is 19.2 Å². The zero-order valence-electron chi connectivity index (χ0n) is 17.1. The summed E-state index contributed by atoms with van der Waals surface area (Å²) in [5.74, 6) is 1.55. The summed E-state index contributed by atoms with van der Waals surface area (Å²) >= 11 is 0. The van der Waals surface area contributed by atoms with Crippen LogP contribution in [-0.2, 0) is 17.6 Å². The van der Waals surface area contributed by atoms with Crippen molar-refractivity contribution in [1.82, 2.24) is 9.88 Å². The third-order valence-electron chi connectivity index (χ3n) is 5.78. The van der Waals surface area contributed by atoms with Crippen LogP contribution in [0.5, 0.6) is 11.5 Å². The van der Waals surface area contributed by atoms with Crippen molar-refractivity contribution in [3.8, 4) is 11.5 Å². The molecule has 1 aliphatic heterocycles. The molecule has 1 N–H and O–H groups in total. The van der Waals surface area contributed by atoms with Crippen LogP contribution in [0.1, 0.15) is 30.5 Å². The summed E-state index contributed by atoms with van der Waals surface area (Å²) < 4.78 is 17.1. The van der Waals surface area contributed by atoms with Gasteiger partial charge in [0.25, 0.3) is 0 Å². The number of morpholine rings is 1. The van der Waals surface area contributed by atoms with Crippen molar-refractivity contribution < 1.29 is 14.2 Å². The van der Waals surface area contributed by atoms with E-state index in [0.717, 1.165) is 74.5 Å². The number of hydrogen-bond donors (Lipinski definition) is 1. The lowest BCUT2D eigenvalue weighted by atomic mass is 9.92. The number of nitrogens with zero attached hydrogens (tertiary/aromatic N) is 2. The average molecular weight is 386 g/mol. The molecular weight excluding hydrogens is 354 g/mol. The molecule has 0 atom stereocenters. The molecule has 1 saturated heterocycles. The van der Waals surface area contributed by atoms with Gasteiger partial charge in [-0.1, -0.05) is 0 Å². The highest BCUT2D eigenvalue weighted by atomic mass is 16.5. The van der Waals surface area contributed by atoms with E-state index in [0.29, 0.717) is 6.61 Å². The molecule has 152 valence electrons. The minimum atomic E-state index is 0.670. The first-order chi connectivity index (χ1) is 13.8. The number of benzene rings is 1. The molecular formula is C22H31N3O3. The fourth-order valence-electron chi connectivity index (χ4n) is 4.28. The Morgan fingerprint density at radius 3 is 2.75 bits per heavy atom. The summed E-state index contributed by atoms with van der Waals surface area (Å²) in [6, 6.07) is 4.11. The maximum Gasteiger partial charge on any atom is 0.163 e. The van der Waals surface area contributed by atoms with E-state index in [9.17, 15) is 0 Å². The smallest absolute Gasteiger partial charge is 0.163 e. The lowest BCUT2D eigenvalue weighted by Crippen LogP contribution is -2.37. The van der Waals surface area contributed by atoms with Gasteiger partial charge in [0.05, 0.1) is 32.4 Å². The maximum atomic E-state index is 6.10. The lowest BCUT2D eigenvalue weighted by Gasteiger charge is -2.26. The van der Waals surface area contributed by atoms with Crippen LogP contribution in [0.3, 0.4) is 0 Å². The average Bonchev–Trinajstić information content (AvgIpc) is 2.75. The zero-order valence-corrected chi connectivity index (χ0v) is 17.1. The van der Waals surface area contributed by atoms with Crippen LogP contribution in [0.25, 0.3) is 10.9 Å². The number of pyridine rings is 1. The van der Waals surface area contributed by atoms with Crippen molar-refractivity contribution in [3.05, 3.63) is 23.4 Å². The molecule has 28 heavy (non-hydrogen) atoms. The minimum absolute atomic E-state index is 0.670. The van der Waals surface area contributed by atoms with Gasteiger partial charge < -0.3 is 19.5 Å². The molecule has 0 saturated carbocycles. The van der Waals surface area contributed by atoms with E-state index in [1.54, 1.807) is 7.11 Å². The SMILES string of the molecule is CNc1c2c(nc3cc(OCCCN4CCOCC4)c(OC)cc13)CCCC2. The molecule has 1 aliphatic carbocycles. The van der Waals surface area contributed by atoms with Gasteiger partial charge in [-0.25, -0.2) is 0 Å². The first-order valence-electron chi connectivity index (χ1n) is 10.4. The van der Waals surface area contributed by atoms with Gasteiger partial charge in [-0.05, 0) is 43.7 Å². The van der Waals surface area contributed by atoms with E-state index in [1.165, 1.54) is 29.8 Å². The number of aromatic nitrogens is 1. The van der Waals surface area contributed by atoms with E-state index in [2.05, 4.69) is 16.3 Å². The molecule has 2 aliphatic rings. The van der Waals surface area contributed by atoms with E-state index in [-0.39, 0.29) is 0 Å². The fraction of sp³-hybridized carbons (Fsp3) is 0.591.